The van der Waals surface area contributed by atoms with E-state index in [0.29, 0.717) is 0 Å². The van der Waals surface area contributed by atoms with E-state index in [-0.39, 0.29) is 6.61 Å². The summed E-state index contributed by atoms with van der Waals surface area (Å²) in [6.07, 6.45) is -0.975. The standard InChI is InChI=1S/C16H21NO6/c1-16(2,3)11(13(18)19)12(14(20)21)17-15(22)23-9-10-7-5-4-6-8-10/h4-8,11-12H,9H2,1-3H3,(H,17,22)(H,18,19)(H,20,21)/t11-,12-/m0/s1. The van der Waals surface area contributed by atoms with Crippen molar-refractivity contribution in [3.63, 3.8) is 0 Å². The number of ether oxygens (including phenoxy) is 1. The minimum absolute atomic E-state index is 0.0354. The normalized spacial score (nSPS) is 13.7. The molecule has 126 valence electrons. The zero-order chi connectivity index (χ0) is 17.6. The van der Waals surface area contributed by atoms with E-state index in [0.717, 1.165) is 5.56 Å². The first-order valence-corrected chi connectivity index (χ1v) is 7.05. The van der Waals surface area contributed by atoms with Crippen LogP contribution in [-0.4, -0.2) is 34.3 Å². The summed E-state index contributed by atoms with van der Waals surface area (Å²) in [7, 11) is 0. The van der Waals surface area contributed by atoms with E-state index in [4.69, 9.17) is 4.74 Å². The number of carbonyl (C=O) groups excluding carboxylic acids is 1. The number of carboxylic acids is 2. The van der Waals surface area contributed by atoms with Crippen LogP contribution in [0.1, 0.15) is 26.3 Å². The molecule has 0 unspecified atom stereocenters. The Bertz CT molecular complexity index is 564. The average Bonchev–Trinajstić information content (AvgIpc) is 2.43. The first-order chi connectivity index (χ1) is 10.6. The summed E-state index contributed by atoms with van der Waals surface area (Å²) in [5.41, 5.74) is -0.123. The smallest absolute Gasteiger partial charge is 0.408 e. The van der Waals surface area contributed by atoms with E-state index in [1.165, 1.54) is 0 Å². The maximum Gasteiger partial charge on any atom is 0.408 e. The molecule has 0 saturated heterocycles. The van der Waals surface area contributed by atoms with Crippen molar-refractivity contribution in [3.8, 4) is 0 Å². The third-order valence-corrected chi connectivity index (χ3v) is 3.28. The Morgan fingerprint density at radius 3 is 2.09 bits per heavy atom. The fraction of sp³-hybridized carbons (Fsp3) is 0.438. The molecule has 23 heavy (non-hydrogen) atoms. The minimum Gasteiger partial charge on any atom is -0.481 e. The summed E-state index contributed by atoms with van der Waals surface area (Å²) in [6, 6.07) is 7.27. The first-order valence-electron chi connectivity index (χ1n) is 7.05. The second kappa shape index (κ2) is 7.62. The summed E-state index contributed by atoms with van der Waals surface area (Å²) in [6.45, 7) is 4.75. The van der Waals surface area contributed by atoms with Crippen LogP contribution in [0.5, 0.6) is 0 Å². The molecule has 0 bridgehead atoms. The molecule has 7 nitrogen and oxygen atoms in total. The number of carbonyl (C=O) groups is 3. The van der Waals surface area contributed by atoms with Crippen molar-refractivity contribution in [2.75, 3.05) is 0 Å². The highest BCUT2D eigenvalue weighted by Crippen LogP contribution is 2.29. The highest BCUT2D eigenvalue weighted by atomic mass is 16.5. The second-order valence-corrected chi connectivity index (χ2v) is 6.20. The van der Waals surface area contributed by atoms with E-state index >= 15 is 0 Å². The van der Waals surface area contributed by atoms with Gasteiger partial charge in [-0.25, -0.2) is 9.59 Å². The molecule has 0 aliphatic carbocycles. The third-order valence-electron chi connectivity index (χ3n) is 3.28. The lowest BCUT2D eigenvalue weighted by molar-refractivity contribution is -0.155. The summed E-state index contributed by atoms with van der Waals surface area (Å²) in [5.74, 6) is -4.03. The van der Waals surface area contributed by atoms with Crippen molar-refractivity contribution in [1.29, 1.82) is 0 Å². The Kier molecular flexibility index (Phi) is 6.12. The van der Waals surface area contributed by atoms with Gasteiger partial charge in [-0.1, -0.05) is 51.1 Å². The van der Waals surface area contributed by atoms with E-state index < -0.39 is 35.4 Å². The molecular formula is C16H21NO6. The quantitative estimate of drug-likeness (QED) is 0.739. The maximum atomic E-state index is 11.8. The fourth-order valence-electron chi connectivity index (χ4n) is 2.19. The number of hydrogen-bond donors (Lipinski definition) is 3. The SMILES string of the molecule is CC(C)(C)[C@H](C(=O)O)[C@H](NC(=O)OCc1ccccc1)C(=O)O. The zero-order valence-corrected chi connectivity index (χ0v) is 13.3. The molecule has 3 N–H and O–H groups in total. The van der Waals surface area contributed by atoms with Crippen LogP contribution in [-0.2, 0) is 20.9 Å². The van der Waals surface area contributed by atoms with Crippen LogP contribution >= 0.6 is 0 Å². The highest BCUT2D eigenvalue weighted by Gasteiger charge is 2.43. The molecule has 0 aromatic heterocycles. The van der Waals surface area contributed by atoms with Crippen LogP contribution in [0.4, 0.5) is 4.79 Å². The Balaban J connectivity index is 2.77. The topological polar surface area (TPSA) is 113 Å². The molecular weight excluding hydrogens is 302 g/mol. The number of benzene rings is 1. The lowest BCUT2D eigenvalue weighted by atomic mass is 9.76. The Morgan fingerprint density at radius 2 is 1.65 bits per heavy atom. The van der Waals surface area contributed by atoms with Crippen LogP contribution < -0.4 is 5.32 Å². The van der Waals surface area contributed by atoms with Gasteiger partial charge in [0.2, 0.25) is 0 Å². The number of carboxylic acid groups (broad SMARTS) is 2. The molecule has 0 fully saturated rings. The summed E-state index contributed by atoms with van der Waals surface area (Å²) in [4.78, 5) is 34.6. The molecule has 7 heteroatoms. The molecule has 1 aromatic rings. The van der Waals surface area contributed by atoms with Gasteiger partial charge in [0.15, 0.2) is 0 Å². The monoisotopic (exact) mass is 323 g/mol. The Labute approximate surface area is 134 Å². The third kappa shape index (κ3) is 5.61. The van der Waals surface area contributed by atoms with Gasteiger partial charge in [0.1, 0.15) is 12.6 Å². The predicted octanol–water partition coefficient (Wildman–Crippen LogP) is 2.11. The highest BCUT2D eigenvalue weighted by molar-refractivity contribution is 5.86. The summed E-state index contributed by atoms with van der Waals surface area (Å²) in [5, 5.41) is 20.7. The predicted molar refractivity (Wildman–Crippen MR) is 81.8 cm³/mol. The number of nitrogens with one attached hydrogen (secondary N) is 1. The largest absolute Gasteiger partial charge is 0.481 e. The lowest BCUT2D eigenvalue weighted by Gasteiger charge is -2.31. The number of hydrogen-bond acceptors (Lipinski definition) is 4. The maximum absolute atomic E-state index is 11.8. The number of aliphatic carboxylic acids is 2. The van der Waals surface area contributed by atoms with Gasteiger partial charge >= 0.3 is 18.0 Å². The molecule has 1 rings (SSSR count). The van der Waals surface area contributed by atoms with Gasteiger partial charge in [-0.15, -0.1) is 0 Å². The van der Waals surface area contributed by atoms with Crippen molar-refractivity contribution in [2.24, 2.45) is 11.3 Å². The molecule has 0 aliphatic rings. The Hall–Kier alpha value is -2.57. The van der Waals surface area contributed by atoms with Crippen molar-refractivity contribution < 1.29 is 29.3 Å². The zero-order valence-electron chi connectivity index (χ0n) is 13.3. The molecule has 1 aromatic carbocycles. The molecule has 0 aliphatic heterocycles. The van der Waals surface area contributed by atoms with E-state index in [9.17, 15) is 24.6 Å². The summed E-state index contributed by atoms with van der Waals surface area (Å²) >= 11 is 0. The van der Waals surface area contributed by atoms with Crippen molar-refractivity contribution >= 4 is 18.0 Å². The minimum atomic E-state index is -1.59. The molecule has 1 amide bonds. The molecule has 2 atom stereocenters. The molecule has 0 radical (unpaired) electrons. The van der Waals surface area contributed by atoms with Crippen LogP contribution in [0.15, 0.2) is 30.3 Å². The van der Waals surface area contributed by atoms with Gasteiger partial charge in [0.05, 0.1) is 5.92 Å². The first kappa shape index (κ1) is 18.5. The van der Waals surface area contributed by atoms with Gasteiger partial charge in [-0.3, -0.25) is 4.79 Å². The fourth-order valence-corrected chi connectivity index (χ4v) is 2.19. The summed E-state index contributed by atoms with van der Waals surface area (Å²) < 4.78 is 4.94. The molecule has 0 spiro atoms. The number of amides is 1. The van der Waals surface area contributed by atoms with Gasteiger partial charge in [0, 0.05) is 0 Å². The van der Waals surface area contributed by atoms with Crippen molar-refractivity contribution in [3.05, 3.63) is 35.9 Å². The van der Waals surface area contributed by atoms with Gasteiger partial charge < -0.3 is 20.3 Å². The molecule has 0 heterocycles. The van der Waals surface area contributed by atoms with E-state index in [2.05, 4.69) is 5.32 Å². The number of rotatable bonds is 6. The van der Waals surface area contributed by atoms with Crippen molar-refractivity contribution in [2.45, 2.75) is 33.4 Å². The van der Waals surface area contributed by atoms with E-state index in [1.807, 2.05) is 6.07 Å². The van der Waals surface area contributed by atoms with Crippen molar-refractivity contribution in [1.82, 2.24) is 5.32 Å². The van der Waals surface area contributed by atoms with Gasteiger partial charge in [-0.2, -0.15) is 0 Å². The van der Waals surface area contributed by atoms with Crippen LogP contribution in [0, 0.1) is 11.3 Å². The van der Waals surface area contributed by atoms with Crippen LogP contribution in [0.2, 0.25) is 0 Å². The van der Waals surface area contributed by atoms with Gasteiger partial charge in [0.25, 0.3) is 0 Å². The van der Waals surface area contributed by atoms with Crippen LogP contribution in [0.25, 0.3) is 0 Å². The Morgan fingerprint density at radius 1 is 1.09 bits per heavy atom. The van der Waals surface area contributed by atoms with E-state index in [1.54, 1.807) is 45.0 Å². The van der Waals surface area contributed by atoms with Crippen LogP contribution in [0.3, 0.4) is 0 Å². The average molecular weight is 323 g/mol. The van der Waals surface area contributed by atoms with Gasteiger partial charge in [-0.05, 0) is 11.0 Å². The second-order valence-electron chi connectivity index (χ2n) is 6.20. The lowest BCUT2D eigenvalue weighted by Crippen LogP contribution is -2.52. The molecule has 0 saturated carbocycles. The number of alkyl carbamates (subject to hydrolysis) is 1.